The lowest BCUT2D eigenvalue weighted by molar-refractivity contribution is 0.101. The van der Waals surface area contributed by atoms with Gasteiger partial charge in [-0.15, -0.1) is 0 Å². The average molecular weight is 164 g/mol. The quantitative estimate of drug-likeness (QED) is 0.583. The zero-order chi connectivity index (χ0) is 8.43. The monoisotopic (exact) mass is 164 g/mol. The summed E-state index contributed by atoms with van der Waals surface area (Å²) >= 11 is 0. The van der Waals surface area contributed by atoms with E-state index in [0.29, 0.717) is 0 Å². The first-order valence-electron chi connectivity index (χ1n) is 3.69. The molecule has 0 heterocycles. The van der Waals surface area contributed by atoms with Crippen molar-refractivity contribution in [1.82, 2.24) is 0 Å². The Bertz CT molecular complexity index is 287. The summed E-state index contributed by atoms with van der Waals surface area (Å²) in [5.41, 5.74) is 3.10. The molecule has 0 aliphatic rings. The molecule has 0 amide bonds. The molecule has 0 aromatic heterocycles. The molecule has 0 fully saturated rings. The summed E-state index contributed by atoms with van der Waals surface area (Å²) in [6.07, 6.45) is 0. The first-order valence-corrected chi connectivity index (χ1v) is 3.69. The van der Waals surface area contributed by atoms with E-state index in [1.165, 1.54) is 5.56 Å². The van der Waals surface area contributed by atoms with Gasteiger partial charge in [-0.3, -0.25) is 4.79 Å². The van der Waals surface area contributed by atoms with Gasteiger partial charge < -0.3 is 0 Å². The zero-order valence-corrected chi connectivity index (χ0v) is 7.14. The van der Waals surface area contributed by atoms with Crippen molar-refractivity contribution in [2.75, 3.05) is 0 Å². The minimum absolute atomic E-state index is 0. The van der Waals surface area contributed by atoms with Gasteiger partial charge in [-0.1, -0.05) is 31.2 Å². The van der Waals surface area contributed by atoms with Gasteiger partial charge >= 0.3 is 0 Å². The van der Waals surface area contributed by atoms with Crippen molar-refractivity contribution in [2.24, 2.45) is 0 Å². The third kappa shape index (κ3) is 2.19. The summed E-state index contributed by atoms with van der Waals surface area (Å²) in [6, 6.07) is 5.87. The van der Waals surface area contributed by atoms with Gasteiger partial charge in [0.1, 0.15) is 0 Å². The lowest BCUT2D eigenvalue weighted by Crippen LogP contribution is -1.95. The van der Waals surface area contributed by atoms with Crippen LogP contribution in [0.5, 0.6) is 0 Å². The Morgan fingerprint density at radius 1 is 1.25 bits per heavy atom. The van der Waals surface area contributed by atoms with Gasteiger partial charge in [-0.25, -0.2) is 0 Å². The van der Waals surface area contributed by atoms with E-state index < -0.39 is 0 Å². The highest BCUT2D eigenvalue weighted by Gasteiger charge is 2.01. The van der Waals surface area contributed by atoms with Gasteiger partial charge in [0.15, 0.2) is 5.78 Å². The molecule has 0 radical (unpaired) electrons. The second-order valence-corrected chi connectivity index (χ2v) is 2.87. The summed E-state index contributed by atoms with van der Waals surface area (Å²) in [5, 5.41) is 0. The molecular formula is C11H16O. The highest BCUT2D eigenvalue weighted by Crippen LogP contribution is 2.10. The largest absolute Gasteiger partial charge is 0.295 e. The minimum atomic E-state index is 0. The molecule has 0 unspecified atom stereocenters. The zero-order valence-electron chi connectivity index (χ0n) is 7.14. The highest BCUT2D eigenvalue weighted by molar-refractivity contribution is 5.95. The Labute approximate surface area is 74.4 Å². The number of benzene rings is 1. The summed E-state index contributed by atoms with van der Waals surface area (Å²) in [6.45, 7) is 5.58. The molecule has 1 aromatic carbocycles. The Balaban J connectivity index is 0.00000121. The fourth-order valence-corrected chi connectivity index (χ4v) is 1.21. The van der Waals surface area contributed by atoms with Crippen LogP contribution in [0.3, 0.4) is 0 Å². The molecule has 1 heteroatoms. The molecule has 0 aliphatic carbocycles. The average Bonchev–Trinajstić information content (AvgIpc) is 1.85. The molecule has 0 N–H and O–H groups in total. The molecule has 0 aliphatic heterocycles. The van der Waals surface area contributed by atoms with E-state index in [1.54, 1.807) is 6.92 Å². The van der Waals surface area contributed by atoms with E-state index in [1.807, 2.05) is 32.0 Å². The van der Waals surface area contributed by atoms with Crippen LogP contribution in [0.1, 0.15) is 35.8 Å². The second-order valence-electron chi connectivity index (χ2n) is 2.87. The third-order valence-corrected chi connectivity index (χ3v) is 1.76. The van der Waals surface area contributed by atoms with Crippen molar-refractivity contribution in [3.05, 3.63) is 34.9 Å². The van der Waals surface area contributed by atoms with E-state index in [4.69, 9.17) is 0 Å². The topological polar surface area (TPSA) is 17.1 Å². The van der Waals surface area contributed by atoms with Crippen molar-refractivity contribution < 1.29 is 4.79 Å². The molecule has 0 bridgehead atoms. The van der Waals surface area contributed by atoms with Gasteiger partial charge in [-0.05, 0) is 26.3 Å². The maximum Gasteiger partial charge on any atom is 0.160 e. The molecule has 1 rings (SSSR count). The summed E-state index contributed by atoms with van der Waals surface area (Å²) < 4.78 is 0. The predicted octanol–water partition coefficient (Wildman–Crippen LogP) is 3.14. The number of ketones is 1. The lowest BCUT2D eigenvalue weighted by atomic mass is 10.0. The van der Waals surface area contributed by atoms with Crippen LogP contribution in [0.25, 0.3) is 0 Å². The molecule has 1 aromatic rings. The first-order chi connectivity index (χ1) is 5.11. The number of aryl methyl sites for hydroxylation is 2. The number of hydrogen-bond acceptors (Lipinski definition) is 1. The molecule has 66 valence electrons. The van der Waals surface area contributed by atoms with Gasteiger partial charge in [0.25, 0.3) is 0 Å². The van der Waals surface area contributed by atoms with Gasteiger partial charge in [0.05, 0.1) is 0 Å². The van der Waals surface area contributed by atoms with E-state index in [0.717, 1.165) is 11.1 Å². The van der Waals surface area contributed by atoms with Crippen molar-refractivity contribution >= 4 is 5.78 Å². The minimum Gasteiger partial charge on any atom is -0.295 e. The molecule has 0 spiro atoms. The van der Waals surface area contributed by atoms with Gasteiger partial charge in [0, 0.05) is 5.56 Å². The Hall–Kier alpha value is -1.11. The van der Waals surface area contributed by atoms with E-state index in [-0.39, 0.29) is 13.2 Å². The maximum absolute atomic E-state index is 11.0. The molecular weight excluding hydrogens is 148 g/mol. The van der Waals surface area contributed by atoms with Crippen LogP contribution >= 0.6 is 0 Å². The molecule has 1 nitrogen and oxygen atoms in total. The molecule has 0 atom stereocenters. The van der Waals surface area contributed by atoms with Crippen molar-refractivity contribution in [2.45, 2.75) is 28.2 Å². The van der Waals surface area contributed by atoms with Crippen LogP contribution in [0.2, 0.25) is 0 Å². The Morgan fingerprint density at radius 3 is 2.25 bits per heavy atom. The maximum atomic E-state index is 11.0. The van der Waals surface area contributed by atoms with Crippen molar-refractivity contribution in [1.29, 1.82) is 0 Å². The van der Waals surface area contributed by atoms with Crippen LogP contribution in [-0.2, 0) is 0 Å². The second kappa shape index (κ2) is 4.05. The molecule has 12 heavy (non-hydrogen) atoms. The van der Waals surface area contributed by atoms with Crippen LogP contribution in [0.4, 0.5) is 0 Å². The third-order valence-electron chi connectivity index (χ3n) is 1.76. The van der Waals surface area contributed by atoms with E-state index in [2.05, 4.69) is 0 Å². The number of hydrogen-bond donors (Lipinski definition) is 0. The van der Waals surface area contributed by atoms with E-state index in [9.17, 15) is 4.79 Å². The highest BCUT2D eigenvalue weighted by atomic mass is 16.1. The number of carbonyl (C=O) groups excluding carboxylic acids is 1. The summed E-state index contributed by atoms with van der Waals surface area (Å²) in [5.74, 6) is 0.141. The normalized spacial score (nSPS) is 8.92. The van der Waals surface area contributed by atoms with Gasteiger partial charge in [-0.2, -0.15) is 0 Å². The lowest BCUT2D eigenvalue weighted by Gasteiger charge is -2.01. The van der Waals surface area contributed by atoms with Gasteiger partial charge in [0.2, 0.25) is 0 Å². The van der Waals surface area contributed by atoms with Crippen LogP contribution in [0, 0.1) is 13.8 Å². The fraction of sp³-hybridized carbons (Fsp3) is 0.364. The number of carbonyl (C=O) groups is 1. The van der Waals surface area contributed by atoms with E-state index >= 15 is 0 Å². The Morgan fingerprint density at radius 2 is 1.83 bits per heavy atom. The smallest absolute Gasteiger partial charge is 0.160 e. The number of Topliss-reactive ketones (excluding diaryl/α,β-unsaturated/α-hetero) is 1. The molecule has 0 saturated heterocycles. The van der Waals surface area contributed by atoms with Crippen LogP contribution in [0.15, 0.2) is 18.2 Å². The van der Waals surface area contributed by atoms with Crippen molar-refractivity contribution in [3.63, 3.8) is 0 Å². The standard InChI is InChI=1S/C10H12O.CH4/c1-7-4-5-10(9(3)11)8(2)6-7;/h4-6H,1-3H3;1H4. The SMILES string of the molecule is C.CC(=O)c1ccc(C)cc1C. The predicted molar refractivity (Wildman–Crippen MR) is 52.7 cm³/mol. The fourth-order valence-electron chi connectivity index (χ4n) is 1.21. The number of rotatable bonds is 1. The van der Waals surface area contributed by atoms with Crippen molar-refractivity contribution in [3.8, 4) is 0 Å². The summed E-state index contributed by atoms with van der Waals surface area (Å²) in [7, 11) is 0. The first kappa shape index (κ1) is 10.9. The van der Waals surface area contributed by atoms with Crippen LogP contribution in [-0.4, -0.2) is 5.78 Å². The molecule has 0 saturated carbocycles. The Kier molecular flexibility index (Phi) is 3.68. The van der Waals surface area contributed by atoms with Crippen LogP contribution < -0.4 is 0 Å². The summed E-state index contributed by atoms with van der Waals surface area (Å²) in [4.78, 5) is 11.0.